The summed E-state index contributed by atoms with van der Waals surface area (Å²) in [5.74, 6) is -4.08. The number of aliphatic hydroxyl groups excluding tert-OH is 1. The first kappa shape index (κ1) is 17.4. The molecule has 124 valence electrons. The molecule has 0 fully saturated rings. The number of aliphatic hydroxyl groups is 3. The summed E-state index contributed by atoms with van der Waals surface area (Å²) in [6, 6.07) is 5.83. The van der Waals surface area contributed by atoms with Crippen molar-refractivity contribution in [1.29, 1.82) is 0 Å². The molecule has 2 rings (SSSR count). The van der Waals surface area contributed by atoms with Crippen LogP contribution in [-0.4, -0.2) is 41.7 Å². The minimum Gasteiger partial charge on any atom is -0.508 e. The summed E-state index contributed by atoms with van der Waals surface area (Å²) in [6.45, 7) is 0. The van der Waals surface area contributed by atoms with Gasteiger partial charge in [0.1, 0.15) is 11.5 Å². The minimum absolute atomic E-state index is 0.0564. The Morgan fingerprint density at radius 2 is 1.91 bits per heavy atom. The molecular formula is C14H16NO7P. The number of hydrogen-bond donors (Lipinski definition) is 6. The van der Waals surface area contributed by atoms with Crippen LogP contribution >= 0.6 is 7.75 Å². The molecule has 1 aromatic rings. The van der Waals surface area contributed by atoms with E-state index in [-0.39, 0.29) is 23.6 Å². The number of phenols is 1. The van der Waals surface area contributed by atoms with Gasteiger partial charge < -0.3 is 30.2 Å². The van der Waals surface area contributed by atoms with E-state index in [9.17, 15) is 25.0 Å². The molecule has 0 amide bonds. The van der Waals surface area contributed by atoms with Crippen molar-refractivity contribution >= 4 is 13.5 Å². The third kappa shape index (κ3) is 4.75. The lowest BCUT2D eigenvalue weighted by molar-refractivity contribution is -0.172. The van der Waals surface area contributed by atoms with Gasteiger partial charge in [-0.05, 0) is 23.8 Å². The van der Waals surface area contributed by atoms with Gasteiger partial charge in [0, 0.05) is 12.5 Å². The quantitative estimate of drug-likeness (QED) is 0.350. The van der Waals surface area contributed by atoms with Crippen molar-refractivity contribution in [2.75, 3.05) is 0 Å². The molecule has 0 bridgehead atoms. The maximum atomic E-state index is 11.1. The Kier molecular flexibility index (Phi) is 4.74. The molecule has 1 atom stereocenters. The van der Waals surface area contributed by atoms with Gasteiger partial charge in [-0.25, -0.2) is 4.57 Å². The monoisotopic (exact) mass is 341 g/mol. The highest BCUT2D eigenvalue weighted by molar-refractivity contribution is 7.50. The second kappa shape index (κ2) is 6.27. The smallest absolute Gasteiger partial charge is 0.448 e. The van der Waals surface area contributed by atoms with Crippen LogP contribution in [0, 0.1) is 5.92 Å². The predicted octanol–water partition coefficient (Wildman–Crippen LogP) is 0.777. The Morgan fingerprint density at radius 1 is 1.22 bits per heavy atom. The second-order valence-corrected chi connectivity index (χ2v) is 6.40. The van der Waals surface area contributed by atoms with E-state index in [4.69, 9.17) is 9.79 Å². The van der Waals surface area contributed by atoms with Gasteiger partial charge in [-0.15, -0.1) is 0 Å². The molecule has 1 aliphatic rings. The molecule has 1 aromatic carbocycles. The molecule has 0 aromatic heterocycles. The van der Waals surface area contributed by atoms with Crippen LogP contribution in [0.15, 0.2) is 53.0 Å². The summed E-state index contributed by atoms with van der Waals surface area (Å²) < 4.78 is 14.2. The first-order valence-corrected chi connectivity index (χ1v) is 8.10. The van der Waals surface area contributed by atoms with E-state index in [1.54, 1.807) is 6.07 Å². The molecular weight excluding hydrogens is 325 g/mol. The van der Waals surface area contributed by atoms with Gasteiger partial charge in [0.25, 0.3) is 0 Å². The van der Waals surface area contributed by atoms with Crippen molar-refractivity contribution in [3.63, 3.8) is 0 Å². The lowest BCUT2D eigenvalue weighted by Gasteiger charge is -2.31. The predicted molar refractivity (Wildman–Crippen MR) is 81.8 cm³/mol. The van der Waals surface area contributed by atoms with Crippen LogP contribution in [0.25, 0.3) is 0 Å². The Hall–Kier alpha value is -1.96. The van der Waals surface area contributed by atoms with E-state index in [0.29, 0.717) is 5.56 Å². The van der Waals surface area contributed by atoms with Gasteiger partial charge in [0.05, 0.1) is 11.6 Å². The SMILES string of the molecule is O=P(O)(O)/N=C1\C=C(O)C=CC1C(O)(O)Cc1cccc(O)c1. The van der Waals surface area contributed by atoms with E-state index in [2.05, 4.69) is 4.76 Å². The van der Waals surface area contributed by atoms with E-state index in [1.165, 1.54) is 30.4 Å². The Labute approximate surface area is 131 Å². The summed E-state index contributed by atoms with van der Waals surface area (Å²) in [5.41, 5.74) is 0.0428. The van der Waals surface area contributed by atoms with Crippen molar-refractivity contribution in [2.45, 2.75) is 12.2 Å². The highest BCUT2D eigenvalue weighted by atomic mass is 31.2. The molecule has 0 saturated carbocycles. The fourth-order valence-electron chi connectivity index (χ4n) is 2.29. The topological polar surface area (TPSA) is 151 Å². The highest BCUT2D eigenvalue weighted by Gasteiger charge is 2.38. The fourth-order valence-corrected chi connectivity index (χ4v) is 2.78. The van der Waals surface area contributed by atoms with Crippen LogP contribution in [0.1, 0.15) is 5.56 Å². The number of phenolic OH excluding ortho intramolecular Hbond substituents is 1. The Balaban J connectivity index is 2.35. The highest BCUT2D eigenvalue weighted by Crippen LogP contribution is 2.39. The molecule has 0 heterocycles. The molecule has 9 heteroatoms. The average molecular weight is 341 g/mol. The fraction of sp³-hybridized carbons (Fsp3) is 0.214. The summed E-state index contributed by atoms with van der Waals surface area (Å²) >= 11 is 0. The first-order chi connectivity index (χ1) is 10.6. The van der Waals surface area contributed by atoms with Crippen molar-refractivity contribution in [2.24, 2.45) is 10.7 Å². The van der Waals surface area contributed by atoms with Crippen LogP contribution in [0.4, 0.5) is 0 Å². The van der Waals surface area contributed by atoms with Crippen LogP contribution in [0.3, 0.4) is 0 Å². The maximum Gasteiger partial charge on any atom is 0.448 e. The molecule has 1 aliphatic carbocycles. The third-order valence-corrected chi connectivity index (χ3v) is 3.68. The van der Waals surface area contributed by atoms with Crippen molar-refractivity contribution < 1.29 is 34.8 Å². The standard InChI is InChI=1S/C14H16NO7P/c16-10-3-1-2-9(6-10)8-14(18,19)12-5-4-11(17)7-13(12)15-23(20,21)22/h1-7,12,16-19H,8H2,(H2,20,21,22)/b15-13+. The molecule has 0 aliphatic heterocycles. The summed E-state index contributed by atoms with van der Waals surface area (Å²) in [5, 5.41) is 39.5. The maximum absolute atomic E-state index is 11.1. The molecule has 1 unspecified atom stereocenters. The number of aromatic hydroxyl groups is 1. The number of rotatable bonds is 4. The van der Waals surface area contributed by atoms with Crippen LogP contribution < -0.4 is 0 Å². The van der Waals surface area contributed by atoms with Gasteiger partial charge in [0.2, 0.25) is 0 Å². The molecule has 8 nitrogen and oxygen atoms in total. The summed E-state index contributed by atoms with van der Waals surface area (Å²) in [6.07, 6.45) is 2.98. The van der Waals surface area contributed by atoms with Crippen molar-refractivity contribution in [3.8, 4) is 5.75 Å². The molecule has 0 radical (unpaired) electrons. The van der Waals surface area contributed by atoms with Gasteiger partial charge in [-0.2, -0.15) is 4.76 Å². The van der Waals surface area contributed by atoms with Crippen molar-refractivity contribution in [3.05, 3.63) is 53.8 Å². The Bertz CT molecular complexity index is 732. The number of nitrogens with zero attached hydrogens (tertiary/aromatic N) is 1. The van der Waals surface area contributed by atoms with Crippen LogP contribution in [-0.2, 0) is 11.0 Å². The third-order valence-electron chi connectivity index (χ3n) is 3.19. The number of hydrogen-bond acceptors (Lipinski definition) is 5. The van der Waals surface area contributed by atoms with Crippen LogP contribution in [0.2, 0.25) is 0 Å². The Morgan fingerprint density at radius 3 is 2.52 bits per heavy atom. The zero-order valence-electron chi connectivity index (χ0n) is 11.8. The summed E-state index contributed by atoms with van der Waals surface area (Å²) in [7, 11) is -4.82. The molecule has 23 heavy (non-hydrogen) atoms. The van der Waals surface area contributed by atoms with Gasteiger partial charge in [-0.1, -0.05) is 18.2 Å². The van der Waals surface area contributed by atoms with E-state index < -0.39 is 19.5 Å². The van der Waals surface area contributed by atoms with E-state index in [0.717, 1.165) is 6.08 Å². The van der Waals surface area contributed by atoms with Crippen LogP contribution in [0.5, 0.6) is 5.75 Å². The normalized spacial score (nSPS) is 20.6. The molecule has 0 spiro atoms. The lowest BCUT2D eigenvalue weighted by atomic mass is 9.85. The van der Waals surface area contributed by atoms with Gasteiger partial charge in [0.15, 0.2) is 5.79 Å². The average Bonchev–Trinajstić information content (AvgIpc) is 2.35. The zero-order chi connectivity index (χ0) is 17.3. The van der Waals surface area contributed by atoms with E-state index in [1.807, 2.05) is 0 Å². The second-order valence-electron chi connectivity index (χ2n) is 5.17. The number of benzene rings is 1. The van der Waals surface area contributed by atoms with Crippen molar-refractivity contribution in [1.82, 2.24) is 0 Å². The van der Waals surface area contributed by atoms with Gasteiger partial charge >= 0.3 is 7.75 Å². The molecule has 0 saturated heterocycles. The lowest BCUT2D eigenvalue weighted by Crippen LogP contribution is -2.43. The summed E-state index contributed by atoms with van der Waals surface area (Å²) in [4.78, 5) is 17.9. The first-order valence-electron chi connectivity index (χ1n) is 6.54. The largest absolute Gasteiger partial charge is 0.508 e. The zero-order valence-corrected chi connectivity index (χ0v) is 12.7. The van der Waals surface area contributed by atoms with Gasteiger partial charge in [-0.3, -0.25) is 0 Å². The number of allylic oxidation sites excluding steroid dienone is 2. The van der Waals surface area contributed by atoms with E-state index >= 15 is 0 Å². The molecule has 6 N–H and O–H groups in total. The minimum atomic E-state index is -4.82.